The molecule has 5 nitrogen and oxygen atoms in total. The van der Waals surface area contributed by atoms with E-state index < -0.39 is 5.56 Å². The first-order valence-electron chi connectivity index (χ1n) is 3.67. The molecule has 14 heavy (non-hydrogen) atoms. The Morgan fingerprint density at radius 2 is 2.14 bits per heavy atom. The van der Waals surface area contributed by atoms with Crippen LogP contribution in [0, 0.1) is 0 Å². The summed E-state index contributed by atoms with van der Waals surface area (Å²) < 4.78 is 1.39. The molecule has 0 N–H and O–H groups in total. The van der Waals surface area contributed by atoms with Gasteiger partial charge >= 0.3 is 58.2 Å². The van der Waals surface area contributed by atoms with Gasteiger partial charge in [0, 0.05) is 36.3 Å². The van der Waals surface area contributed by atoms with E-state index in [2.05, 4.69) is 10.2 Å². The molecule has 6 heteroatoms. The maximum atomic E-state index is 11.2. The molecule has 0 aromatic carbocycles. The molecule has 0 saturated heterocycles. The first kappa shape index (κ1) is 12.0. The number of pyridine rings is 1. The van der Waals surface area contributed by atoms with Crippen LogP contribution in [-0.2, 0) is 7.05 Å². The Kier molecular flexibility index (Phi) is 3.94. The van der Waals surface area contributed by atoms with Gasteiger partial charge in [0.25, 0.3) is 5.56 Å². The van der Waals surface area contributed by atoms with Crippen molar-refractivity contribution in [3.8, 4) is 0 Å². The second kappa shape index (κ2) is 4.61. The Morgan fingerprint density at radius 1 is 1.43 bits per heavy atom. The second-order valence-corrected chi connectivity index (χ2v) is 2.74. The summed E-state index contributed by atoms with van der Waals surface area (Å²) in [6, 6.07) is 1.27. The molecule has 0 spiro atoms. The maximum absolute atomic E-state index is 11.2. The van der Waals surface area contributed by atoms with E-state index in [0.717, 1.165) is 0 Å². The van der Waals surface area contributed by atoms with Gasteiger partial charge in [-0.3, -0.25) is 4.79 Å². The van der Waals surface area contributed by atoms with Gasteiger partial charge < -0.3 is 19.6 Å². The standard InChI is InChI=1S/C8H7N3O2.Rb/c1-11-4-5-3-9-10-8(13)6(5)2-7(11)12;/h2-4H,1H3,(H,10,13);/q;+1/p-1. The number of aryl methyl sites for hydroxylation is 1. The SMILES string of the molecule is Cn1cc2cn[n-]c(=O)c2cc1=O.[Rb+]. The number of rotatable bonds is 0. The summed E-state index contributed by atoms with van der Waals surface area (Å²) in [6.07, 6.45) is 3.02. The Hall–Kier alpha value is -0.105. The minimum absolute atomic E-state index is 0. The third-order valence-electron chi connectivity index (χ3n) is 1.83. The van der Waals surface area contributed by atoms with Gasteiger partial charge in [-0.2, -0.15) is 0 Å². The van der Waals surface area contributed by atoms with Crippen LogP contribution in [0.3, 0.4) is 0 Å². The Balaban J connectivity index is 0.000000980. The molecule has 0 atom stereocenters. The van der Waals surface area contributed by atoms with Gasteiger partial charge in [-0.25, -0.2) is 0 Å². The van der Waals surface area contributed by atoms with Crippen LogP contribution >= 0.6 is 0 Å². The van der Waals surface area contributed by atoms with Crippen LogP contribution in [0.1, 0.15) is 0 Å². The molecule has 0 unspecified atom stereocenters. The van der Waals surface area contributed by atoms with Crippen LogP contribution in [0.5, 0.6) is 0 Å². The average Bonchev–Trinajstić information content (AvgIpc) is 2.09. The van der Waals surface area contributed by atoms with Gasteiger partial charge in [0.05, 0.1) is 5.56 Å². The summed E-state index contributed by atoms with van der Waals surface area (Å²) in [4.78, 5) is 22.3. The zero-order valence-corrected chi connectivity index (χ0v) is 12.8. The molecule has 2 aromatic rings. The molecule has 0 radical (unpaired) electrons. The quantitative estimate of drug-likeness (QED) is 0.489. The van der Waals surface area contributed by atoms with Crippen LogP contribution in [0.15, 0.2) is 28.0 Å². The van der Waals surface area contributed by atoms with Crippen molar-refractivity contribution in [2.45, 2.75) is 0 Å². The van der Waals surface area contributed by atoms with E-state index in [9.17, 15) is 9.59 Å². The first-order chi connectivity index (χ1) is 6.18. The smallest absolute Gasteiger partial charge is 0.540 e. The summed E-state index contributed by atoms with van der Waals surface area (Å²) in [5, 5.41) is 7.77. The van der Waals surface area contributed by atoms with Crippen molar-refractivity contribution in [2.24, 2.45) is 7.05 Å². The predicted octanol–water partition coefficient (Wildman–Crippen LogP) is -3.75. The van der Waals surface area contributed by atoms with Crippen molar-refractivity contribution < 1.29 is 58.2 Å². The summed E-state index contributed by atoms with van der Waals surface area (Å²) in [7, 11) is 1.62. The molecular formula is C8H6N3O2Rb. The molecule has 0 aliphatic rings. The summed E-state index contributed by atoms with van der Waals surface area (Å²) in [5.74, 6) is 0. The number of nitrogens with zero attached hydrogens (tertiary/aromatic N) is 3. The van der Waals surface area contributed by atoms with E-state index in [1.165, 1.54) is 16.8 Å². The predicted molar refractivity (Wildman–Crippen MR) is 46.6 cm³/mol. The zero-order chi connectivity index (χ0) is 9.42. The van der Waals surface area contributed by atoms with Crippen LogP contribution in [0.4, 0.5) is 0 Å². The second-order valence-electron chi connectivity index (χ2n) is 2.74. The number of hydrogen-bond donors (Lipinski definition) is 0. The van der Waals surface area contributed by atoms with Crippen molar-refractivity contribution in [2.75, 3.05) is 0 Å². The van der Waals surface area contributed by atoms with Crippen LogP contribution in [0.25, 0.3) is 10.8 Å². The van der Waals surface area contributed by atoms with Crippen molar-refractivity contribution in [3.05, 3.63) is 39.2 Å². The minimum Gasteiger partial charge on any atom is -0.540 e. The number of fused-ring (bicyclic) bond motifs is 1. The fourth-order valence-electron chi connectivity index (χ4n) is 1.14. The summed E-state index contributed by atoms with van der Waals surface area (Å²) >= 11 is 0. The first-order valence-corrected chi connectivity index (χ1v) is 3.67. The Morgan fingerprint density at radius 3 is 2.86 bits per heavy atom. The van der Waals surface area contributed by atoms with Crippen molar-refractivity contribution >= 4 is 10.8 Å². The van der Waals surface area contributed by atoms with Gasteiger partial charge in [0.1, 0.15) is 0 Å². The zero-order valence-electron chi connectivity index (χ0n) is 7.89. The van der Waals surface area contributed by atoms with E-state index in [1.807, 2.05) is 0 Å². The molecule has 0 amide bonds. The van der Waals surface area contributed by atoms with Gasteiger partial charge in [0.2, 0.25) is 0 Å². The molecule has 0 aliphatic carbocycles. The van der Waals surface area contributed by atoms with Gasteiger partial charge in [-0.05, 0) is 0 Å². The van der Waals surface area contributed by atoms with Gasteiger partial charge in [-0.1, -0.05) is 0 Å². The third-order valence-corrected chi connectivity index (χ3v) is 1.83. The molecule has 0 fully saturated rings. The monoisotopic (exact) mass is 261 g/mol. The summed E-state index contributed by atoms with van der Waals surface area (Å²) in [5.41, 5.74) is -0.687. The van der Waals surface area contributed by atoms with E-state index in [-0.39, 0.29) is 63.7 Å². The van der Waals surface area contributed by atoms with Crippen LogP contribution in [0.2, 0.25) is 0 Å². The minimum atomic E-state index is -0.463. The third kappa shape index (κ3) is 2.11. The molecular weight excluding hydrogens is 256 g/mol. The molecule has 2 heterocycles. The van der Waals surface area contributed by atoms with E-state index >= 15 is 0 Å². The molecule has 2 aromatic heterocycles. The molecule has 0 bridgehead atoms. The van der Waals surface area contributed by atoms with Crippen LogP contribution in [-0.4, -0.2) is 9.67 Å². The summed E-state index contributed by atoms with van der Waals surface area (Å²) in [6.45, 7) is 0. The molecule has 0 aliphatic heterocycles. The van der Waals surface area contributed by atoms with Crippen molar-refractivity contribution in [1.29, 1.82) is 0 Å². The number of hydrogen-bond acceptors (Lipinski definition) is 3. The van der Waals surface area contributed by atoms with Crippen molar-refractivity contribution in [1.82, 2.24) is 14.8 Å². The van der Waals surface area contributed by atoms with Crippen molar-refractivity contribution in [3.63, 3.8) is 0 Å². The normalized spacial score (nSPS) is 9.79. The van der Waals surface area contributed by atoms with Gasteiger partial charge in [-0.15, -0.1) is 0 Å². The molecule has 2 rings (SSSR count). The van der Waals surface area contributed by atoms with E-state index in [4.69, 9.17) is 0 Å². The number of aromatic nitrogens is 3. The molecule has 0 saturated carbocycles. The van der Waals surface area contributed by atoms with E-state index in [0.29, 0.717) is 10.8 Å². The van der Waals surface area contributed by atoms with E-state index in [1.54, 1.807) is 13.2 Å². The topological polar surface area (TPSA) is 66.1 Å². The Bertz CT molecular complexity index is 573. The van der Waals surface area contributed by atoms with Crippen LogP contribution < -0.4 is 74.4 Å². The Labute approximate surface area is 128 Å². The van der Waals surface area contributed by atoms with Gasteiger partial charge in [0.15, 0.2) is 0 Å². The molecule has 66 valence electrons. The fourth-order valence-corrected chi connectivity index (χ4v) is 1.14. The maximum Gasteiger partial charge on any atom is 1.00 e. The fraction of sp³-hybridized carbons (Fsp3) is 0.125. The average molecular weight is 262 g/mol. The largest absolute Gasteiger partial charge is 1.00 e.